The Balaban J connectivity index is 2.47. The Labute approximate surface area is 138 Å². The lowest BCUT2D eigenvalue weighted by atomic mass is 10.0. The Bertz CT molecular complexity index is 662. The Morgan fingerprint density at radius 1 is 0.952 bits per heavy atom. The number of hydrogen-bond donors (Lipinski definition) is 0. The van der Waals surface area contributed by atoms with Crippen molar-refractivity contribution in [1.82, 2.24) is 0 Å². The molecule has 1 unspecified atom stereocenters. The fourth-order valence-electron chi connectivity index (χ4n) is 1.91. The molecular formula is C15H12Br2F2O2. The van der Waals surface area contributed by atoms with Crippen LogP contribution in [0.2, 0.25) is 0 Å². The minimum Gasteiger partial charge on any atom is -0.493 e. The molecule has 1 atom stereocenters. The highest BCUT2D eigenvalue weighted by Crippen LogP contribution is 2.39. The molecule has 2 rings (SSSR count). The van der Waals surface area contributed by atoms with Gasteiger partial charge in [0.05, 0.1) is 23.5 Å². The van der Waals surface area contributed by atoms with Crippen LogP contribution in [0.3, 0.4) is 0 Å². The molecule has 0 aliphatic carbocycles. The van der Waals surface area contributed by atoms with Gasteiger partial charge in [-0.1, -0.05) is 22.0 Å². The number of alkyl halides is 1. The molecule has 0 fully saturated rings. The Kier molecular flexibility index (Phi) is 5.22. The highest BCUT2D eigenvalue weighted by Gasteiger charge is 2.19. The van der Waals surface area contributed by atoms with E-state index in [0.29, 0.717) is 27.1 Å². The maximum Gasteiger partial charge on any atom is 0.163 e. The molecule has 0 aliphatic heterocycles. The van der Waals surface area contributed by atoms with Gasteiger partial charge in [0, 0.05) is 11.6 Å². The van der Waals surface area contributed by atoms with Crippen LogP contribution in [0.1, 0.15) is 16.0 Å². The first-order valence-electron chi connectivity index (χ1n) is 5.98. The summed E-state index contributed by atoms with van der Waals surface area (Å²) in [7, 11) is 2.91. The van der Waals surface area contributed by atoms with Crippen molar-refractivity contribution in [3.8, 4) is 11.5 Å². The summed E-state index contributed by atoms with van der Waals surface area (Å²) in [4.78, 5) is -0.500. The molecule has 0 aromatic heterocycles. The minimum atomic E-state index is -0.500. The molecule has 112 valence electrons. The molecule has 2 aromatic rings. The van der Waals surface area contributed by atoms with Crippen molar-refractivity contribution in [3.05, 3.63) is 57.6 Å². The fourth-order valence-corrected chi connectivity index (χ4v) is 2.80. The number of halogens is 4. The predicted octanol–water partition coefficient (Wildman–Crippen LogP) is 5.23. The maximum atomic E-state index is 14.2. The van der Waals surface area contributed by atoms with Crippen LogP contribution < -0.4 is 9.47 Å². The molecule has 2 nitrogen and oxygen atoms in total. The number of ether oxygens (including phenoxy) is 2. The van der Waals surface area contributed by atoms with Gasteiger partial charge in [-0.2, -0.15) is 0 Å². The van der Waals surface area contributed by atoms with E-state index in [1.54, 1.807) is 12.1 Å². The molecule has 0 spiro atoms. The van der Waals surface area contributed by atoms with Gasteiger partial charge in [0.15, 0.2) is 11.5 Å². The first kappa shape index (κ1) is 16.2. The Hall–Kier alpha value is -1.14. The zero-order chi connectivity index (χ0) is 15.6. The molecule has 0 aliphatic rings. The molecule has 2 aromatic carbocycles. The fraction of sp³-hybridized carbons (Fsp3) is 0.200. The second-order valence-corrected chi connectivity index (χ2v) is 6.03. The quantitative estimate of drug-likeness (QED) is 0.629. The van der Waals surface area contributed by atoms with Gasteiger partial charge in [0.25, 0.3) is 0 Å². The van der Waals surface area contributed by atoms with Crippen LogP contribution in [-0.2, 0) is 0 Å². The molecule has 0 N–H and O–H groups in total. The Morgan fingerprint density at radius 3 is 2.14 bits per heavy atom. The second-order valence-electron chi connectivity index (χ2n) is 4.26. The minimum absolute atomic E-state index is 0.306. The zero-order valence-electron chi connectivity index (χ0n) is 11.3. The van der Waals surface area contributed by atoms with Crippen LogP contribution >= 0.6 is 31.9 Å². The molecule has 6 heteroatoms. The molecule has 0 heterocycles. The summed E-state index contributed by atoms with van der Waals surface area (Å²) in [6, 6.07) is 7.42. The first-order chi connectivity index (χ1) is 9.97. The summed E-state index contributed by atoms with van der Waals surface area (Å²) in [5.41, 5.74) is 0.941. The molecule has 0 radical (unpaired) electrons. The van der Waals surface area contributed by atoms with Crippen LogP contribution in [0.25, 0.3) is 0 Å². The van der Waals surface area contributed by atoms with E-state index >= 15 is 0 Å². The van der Waals surface area contributed by atoms with Crippen LogP contribution in [0, 0.1) is 11.6 Å². The second kappa shape index (κ2) is 6.75. The van der Waals surface area contributed by atoms with Crippen molar-refractivity contribution in [3.63, 3.8) is 0 Å². The van der Waals surface area contributed by atoms with Crippen molar-refractivity contribution in [2.75, 3.05) is 14.2 Å². The van der Waals surface area contributed by atoms with Crippen molar-refractivity contribution >= 4 is 31.9 Å². The lowest BCUT2D eigenvalue weighted by molar-refractivity contribution is 0.351. The van der Waals surface area contributed by atoms with Crippen molar-refractivity contribution in [1.29, 1.82) is 0 Å². The lowest BCUT2D eigenvalue weighted by Crippen LogP contribution is -2.00. The molecular weight excluding hydrogens is 410 g/mol. The summed E-state index contributed by atoms with van der Waals surface area (Å²) in [6.45, 7) is 0. The average molecular weight is 422 g/mol. The van der Waals surface area contributed by atoms with Crippen molar-refractivity contribution in [2.45, 2.75) is 4.83 Å². The van der Waals surface area contributed by atoms with Gasteiger partial charge in [-0.25, -0.2) is 8.78 Å². The maximum absolute atomic E-state index is 14.2. The third-order valence-electron chi connectivity index (χ3n) is 3.01. The van der Waals surface area contributed by atoms with E-state index in [0.717, 1.165) is 0 Å². The number of hydrogen-bond acceptors (Lipinski definition) is 2. The molecule has 0 amide bonds. The molecule has 0 saturated carbocycles. The van der Waals surface area contributed by atoms with Crippen molar-refractivity contribution < 1.29 is 18.3 Å². The Morgan fingerprint density at radius 2 is 1.57 bits per heavy atom. The van der Waals surface area contributed by atoms with Crippen LogP contribution in [0.4, 0.5) is 8.78 Å². The van der Waals surface area contributed by atoms with Gasteiger partial charge in [0.2, 0.25) is 0 Å². The highest BCUT2D eigenvalue weighted by molar-refractivity contribution is 9.10. The average Bonchev–Trinajstić information content (AvgIpc) is 2.49. The van der Waals surface area contributed by atoms with Gasteiger partial charge in [-0.3, -0.25) is 0 Å². The smallest absolute Gasteiger partial charge is 0.163 e. The topological polar surface area (TPSA) is 18.5 Å². The van der Waals surface area contributed by atoms with E-state index in [-0.39, 0.29) is 0 Å². The van der Waals surface area contributed by atoms with E-state index < -0.39 is 16.5 Å². The van der Waals surface area contributed by atoms with Crippen LogP contribution in [0.15, 0.2) is 34.8 Å². The lowest BCUT2D eigenvalue weighted by Gasteiger charge is -2.15. The molecule has 0 saturated heterocycles. The van der Waals surface area contributed by atoms with Gasteiger partial charge in [-0.15, -0.1) is 0 Å². The summed E-state index contributed by atoms with van der Waals surface area (Å²) >= 11 is 6.49. The third-order valence-corrected chi connectivity index (χ3v) is 4.68. The van der Waals surface area contributed by atoms with Gasteiger partial charge >= 0.3 is 0 Å². The van der Waals surface area contributed by atoms with Crippen LogP contribution in [-0.4, -0.2) is 14.2 Å². The summed E-state index contributed by atoms with van der Waals surface area (Å²) in [5, 5.41) is 0. The first-order valence-corrected chi connectivity index (χ1v) is 7.69. The zero-order valence-corrected chi connectivity index (χ0v) is 14.5. The van der Waals surface area contributed by atoms with E-state index in [1.807, 2.05) is 0 Å². The van der Waals surface area contributed by atoms with Gasteiger partial charge < -0.3 is 9.47 Å². The standard InChI is InChI=1S/C15H12Br2F2O2/c1-20-13-6-9(11(18)7-14(13)21-2)15(17)8-3-4-10(16)12(19)5-8/h3-7,15H,1-2H3. The summed E-state index contributed by atoms with van der Waals surface area (Å²) in [5.74, 6) is -0.146. The van der Waals surface area contributed by atoms with Crippen molar-refractivity contribution in [2.24, 2.45) is 0 Å². The number of methoxy groups -OCH3 is 2. The largest absolute Gasteiger partial charge is 0.493 e. The van der Waals surface area contributed by atoms with E-state index in [9.17, 15) is 8.78 Å². The summed E-state index contributed by atoms with van der Waals surface area (Å²) in [6.07, 6.45) is 0. The normalized spacial score (nSPS) is 12.1. The predicted molar refractivity (Wildman–Crippen MR) is 84.4 cm³/mol. The molecule has 0 bridgehead atoms. The summed E-state index contributed by atoms with van der Waals surface area (Å²) < 4.78 is 38.4. The van der Waals surface area contributed by atoms with E-state index in [4.69, 9.17) is 9.47 Å². The molecule has 21 heavy (non-hydrogen) atoms. The van der Waals surface area contributed by atoms with Gasteiger partial charge in [0.1, 0.15) is 11.6 Å². The monoisotopic (exact) mass is 420 g/mol. The number of benzene rings is 2. The van der Waals surface area contributed by atoms with Gasteiger partial charge in [-0.05, 0) is 39.7 Å². The van der Waals surface area contributed by atoms with E-state index in [1.165, 1.54) is 32.4 Å². The number of rotatable bonds is 4. The van der Waals surface area contributed by atoms with Crippen LogP contribution in [0.5, 0.6) is 11.5 Å². The highest BCUT2D eigenvalue weighted by atomic mass is 79.9. The SMILES string of the molecule is COc1cc(F)c(C(Br)c2ccc(Br)c(F)c2)cc1OC. The third kappa shape index (κ3) is 3.37. The van der Waals surface area contributed by atoms with E-state index in [2.05, 4.69) is 31.9 Å².